The van der Waals surface area contributed by atoms with Crippen LogP contribution >= 0.6 is 11.6 Å². The highest BCUT2D eigenvalue weighted by Crippen LogP contribution is 2.33. The van der Waals surface area contributed by atoms with Crippen LogP contribution in [0.1, 0.15) is 51.1 Å². The maximum atomic E-state index is 12.7. The zero-order chi connectivity index (χ0) is 25.5. The average Bonchev–Trinajstić information content (AvgIpc) is 3.41. The molecule has 1 saturated carbocycles. The molecular weight excluding hydrogens is 486 g/mol. The second kappa shape index (κ2) is 12.2. The fraction of sp³-hybridized carbons (Fsp3) is 0.520. The SMILES string of the molecule is CCOC(=O)CC(C(=O)OCOCNc1ccc(-c2nc3c(Cl)c(C)[nH]n3n2)cc1)C1CCCCC1. The molecule has 10 nitrogen and oxygen atoms in total. The quantitative estimate of drug-likeness (QED) is 0.213. The molecule has 1 unspecified atom stereocenters. The van der Waals surface area contributed by atoms with Crippen LogP contribution in [-0.2, 0) is 23.8 Å². The summed E-state index contributed by atoms with van der Waals surface area (Å²) < 4.78 is 17.4. The van der Waals surface area contributed by atoms with Gasteiger partial charge < -0.3 is 19.5 Å². The Kier molecular flexibility index (Phi) is 8.82. The van der Waals surface area contributed by atoms with E-state index in [4.69, 9.17) is 25.8 Å². The average molecular weight is 518 g/mol. The van der Waals surface area contributed by atoms with Crippen LogP contribution in [0, 0.1) is 18.8 Å². The Morgan fingerprint density at radius 3 is 2.64 bits per heavy atom. The van der Waals surface area contributed by atoms with Gasteiger partial charge in [0, 0.05) is 11.3 Å². The number of hydrogen-bond acceptors (Lipinski definition) is 8. The summed E-state index contributed by atoms with van der Waals surface area (Å²) in [6.45, 7) is 3.87. The van der Waals surface area contributed by atoms with Gasteiger partial charge in [0.15, 0.2) is 18.3 Å². The number of hydrogen-bond donors (Lipinski definition) is 2. The zero-order valence-electron chi connectivity index (χ0n) is 20.6. The summed E-state index contributed by atoms with van der Waals surface area (Å²) in [7, 11) is 0. The Labute approximate surface area is 214 Å². The van der Waals surface area contributed by atoms with Gasteiger partial charge in [0.25, 0.3) is 0 Å². The molecule has 0 saturated heterocycles. The first-order valence-corrected chi connectivity index (χ1v) is 12.7. The Hall–Kier alpha value is -3.11. The third-order valence-corrected chi connectivity index (χ3v) is 6.88. The third-order valence-electron chi connectivity index (χ3n) is 6.43. The second-order valence-corrected chi connectivity index (χ2v) is 9.30. The number of esters is 2. The molecule has 1 aliphatic carbocycles. The minimum Gasteiger partial charge on any atom is -0.466 e. The van der Waals surface area contributed by atoms with Crippen LogP contribution in [0.3, 0.4) is 0 Å². The fourth-order valence-corrected chi connectivity index (χ4v) is 4.69. The summed E-state index contributed by atoms with van der Waals surface area (Å²) in [5, 5.41) is 11.1. The highest BCUT2D eigenvalue weighted by molar-refractivity contribution is 6.34. The van der Waals surface area contributed by atoms with Crippen molar-refractivity contribution in [3.05, 3.63) is 35.0 Å². The molecule has 0 bridgehead atoms. The minimum absolute atomic E-state index is 0.0503. The van der Waals surface area contributed by atoms with Crippen molar-refractivity contribution < 1.29 is 23.8 Å². The van der Waals surface area contributed by atoms with Crippen molar-refractivity contribution in [3.8, 4) is 11.4 Å². The summed E-state index contributed by atoms with van der Waals surface area (Å²) in [6, 6.07) is 7.54. The lowest BCUT2D eigenvalue weighted by Crippen LogP contribution is -2.31. The van der Waals surface area contributed by atoms with Gasteiger partial charge in [0.2, 0.25) is 0 Å². The minimum atomic E-state index is -0.490. The molecule has 4 rings (SSSR count). The number of benzene rings is 1. The van der Waals surface area contributed by atoms with Gasteiger partial charge in [-0.25, -0.2) is 4.98 Å². The molecule has 0 amide bonds. The Morgan fingerprint density at radius 1 is 1.19 bits per heavy atom. The van der Waals surface area contributed by atoms with Crippen molar-refractivity contribution in [2.45, 2.75) is 52.4 Å². The lowest BCUT2D eigenvalue weighted by molar-refractivity contribution is -0.167. The summed E-state index contributed by atoms with van der Waals surface area (Å²) >= 11 is 6.23. The number of aromatic nitrogens is 4. The van der Waals surface area contributed by atoms with Crippen LogP contribution in [0.4, 0.5) is 5.69 Å². The van der Waals surface area contributed by atoms with Crippen LogP contribution < -0.4 is 5.32 Å². The second-order valence-electron chi connectivity index (χ2n) is 8.92. The standard InChI is InChI=1S/C25H32ClN5O5/c1-3-35-21(32)13-20(17-7-5-4-6-8-17)25(33)36-15-34-14-27-19-11-9-18(10-12-19)23-28-24-22(26)16(2)29-31(24)30-23/h9-12,17,20,27,29H,3-8,13-15H2,1-2H3. The lowest BCUT2D eigenvalue weighted by atomic mass is 9.78. The molecule has 36 heavy (non-hydrogen) atoms. The number of fused-ring (bicyclic) bond motifs is 1. The molecule has 1 fully saturated rings. The number of H-pyrrole nitrogens is 1. The summed E-state index contributed by atoms with van der Waals surface area (Å²) in [4.78, 5) is 29.2. The monoisotopic (exact) mass is 517 g/mol. The van der Waals surface area contributed by atoms with E-state index in [-0.39, 0.29) is 31.8 Å². The fourth-order valence-electron chi connectivity index (χ4n) is 4.53. The largest absolute Gasteiger partial charge is 0.466 e. The van der Waals surface area contributed by atoms with Gasteiger partial charge in [0.1, 0.15) is 11.8 Å². The molecule has 1 aliphatic rings. The molecule has 2 aromatic heterocycles. The van der Waals surface area contributed by atoms with Crippen molar-refractivity contribution in [1.82, 2.24) is 19.8 Å². The number of carbonyl (C=O) groups excluding carboxylic acids is 2. The molecule has 2 N–H and O–H groups in total. The van der Waals surface area contributed by atoms with Crippen LogP contribution in [0.2, 0.25) is 5.02 Å². The highest BCUT2D eigenvalue weighted by atomic mass is 35.5. The summed E-state index contributed by atoms with van der Waals surface area (Å²) in [5.41, 5.74) is 3.07. The predicted molar refractivity (Wildman–Crippen MR) is 134 cm³/mol. The van der Waals surface area contributed by atoms with E-state index in [0.717, 1.165) is 49.0 Å². The summed E-state index contributed by atoms with van der Waals surface area (Å²) in [5.74, 6) is -0.551. The number of aryl methyl sites for hydroxylation is 1. The molecule has 1 atom stereocenters. The van der Waals surface area contributed by atoms with Crippen LogP contribution in [0.15, 0.2) is 24.3 Å². The van der Waals surface area contributed by atoms with E-state index >= 15 is 0 Å². The number of carbonyl (C=O) groups is 2. The van der Waals surface area contributed by atoms with Gasteiger partial charge in [-0.05, 0) is 56.9 Å². The van der Waals surface area contributed by atoms with E-state index < -0.39 is 11.9 Å². The first kappa shape index (κ1) is 26.0. The Balaban J connectivity index is 1.23. The van der Waals surface area contributed by atoms with E-state index in [9.17, 15) is 9.59 Å². The van der Waals surface area contributed by atoms with Crippen molar-refractivity contribution in [3.63, 3.8) is 0 Å². The van der Waals surface area contributed by atoms with Gasteiger partial charge in [-0.3, -0.25) is 14.7 Å². The number of halogens is 1. The van der Waals surface area contributed by atoms with Crippen LogP contribution in [0.5, 0.6) is 0 Å². The van der Waals surface area contributed by atoms with Gasteiger partial charge in [-0.2, -0.15) is 4.63 Å². The topological polar surface area (TPSA) is 120 Å². The van der Waals surface area contributed by atoms with Crippen molar-refractivity contribution in [2.75, 3.05) is 25.4 Å². The number of nitrogens with zero attached hydrogens (tertiary/aromatic N) is 3. The van der Waals surface area contributed by atoms with Gasteiger partial charge in [-0.15, -0.1) is 5.10 Å². The lowest BCUT2D eigenvalue weighted by Gasteiger charge is -2.28. The van der Waals surface area contributed by atoms with Crippen molar-refractivity contribution in [1.29, 1.82) is 0 Å². The third kappa shape index (κ3) is 6.36. The molecule has 11 heteroatoms. The van der Waals surface area contributed by atoms with E-state index in [0.29, 0.717) is 23.1 Å². The molecule has 1 aromatic carbocycles. The smallest absolute Gasteiger partial charge is 0.311 e. The number of anilines is 1. The zero-order valence-corrected chi connectivity index (χ0v) is 21.3. The van der Waals surface area contributed by atoms with E-state index in [1.54, 1.807) is 11.6 Å². The van der Waals surface area contributed by atoms with Crippen molar-refractivity contribution >= 4 is 34.9 Å². The molecule has 0 aliphatic heterocycles. The highest BCUT2D eigenvalue weighted by Gasteiger charge is 2.33. The van der Waals surface area contributed by atoms with E-state index in [1.807, 2.05) is 31.2 Å². The molecule has 3 aromatic rings. The molecule has 0 spiro atoms. The summed E-state index contributed by atoms with van der Waals surface area (Å²) in [6.07, 6.45) is 5.20. The molecular formula is C25H32ClN5O5. The van der Waals surface area contributed by atoms with Crippen molar-refractivity contribution in [2.24, 2.45) is 11.8 Å². The maximum Gasteiger partial charge on any atom is 0.311 e. The molecule has 0 radical (unpaired) electrons. The normalized spacial score (nSPS) is 15.1. The first-order valence-electron chi connectivity index (χ1n) is 12.3. The number of rotatable bonds is 11. The Morgan fingerprint density at radius 2 is 1.94 bits per heavy atom. The van der Waals surface area contributed by atoms with Gasteiger partial charge in [0.05, 0.1) is 24.6 Å². The van der Waals surface area contributed by atoms with Gasteiger partial charge >= 0.3 is 11.9 Å². The molecule has 194 valence electrons. The van der Waals surface area contributed by atoms with Crippen LogP contribution in [-0.4, -0.2) is 51.9 Å². The Bertz CT molecular complexity index is 1170. The van der Waals surface area contributed by atoms with Crippen LogP contribution in [0.25, 0.3) is 17.0 Å². The van der Waals surface area contributed by atoms with Gasteiger partial charge in [-0.1, -0.05) is 30.9 Å². The number of nitrogens with one attached hydrogen (secondary N) is 2. The maximum absolute atomic E-state index is 12.7. The number of aromatic amines is 1. The van der Waals surface area contributed by atoms with E-state index in [1.165, 1.54) is 0 Å². The molecule has 2 heterocycles. The first-order chi connectivity index (χ1) is 17.5. The van der Waals surface area contributed by atoms with E-state index in [2.05, 4.69) is 20.5 Å². The number of ether oxygens (including phenoxy) is 3. The predicted octanol–water partition coefficient (Wildman–Crippen LogP) is 4.72.